The molecule has 2 N–H and O–H groups in total. The Hall–Kier alpha value is -0.610. The number of carbonyl (C=O) groups is 1. The first kappa shape index (κ1) is 14.4. The van der Waals surface area contributed by atoms with Crippen molar-refractivity contribution in [1.29, 1.82) is 0 Å². The van der Waals surface area contributed by atoms with Crippen LogP contribution in [0.5, 0.6) is 0 Å². The smallest absolute Gasteiger partial charge is 0.306 e. The van der Waals surface area contributed by atoms with Gasteiger partial charge in [0.25, 0.3) is 0 Å². The summed E-state index contributed by atoms with van der Waals surface area (Å²) in [4.78, 5) is 10.5. The van der Waals surface area contributed by atoms with Gasteiger partial charge < -0.3 is 14.9 Å². The van der Waals surface area contributed by atoms with Crippen molar-refractivity contribution < 1.29 is 19.7 Å². The van der Waals surface area contributed by atoms with Gasteiger partial charge in [-0.2, -0.15) is 0 Å². The fourth-order valence-electron chi connectivity index (χ4n) is 1.21. The maximum absolute atomic E-state index is 10.5. The van der Waals surface area contributed by atoms with E-state index in [1.54, 1.807) is 6.92 Å². The number of aliphatic hydroxyl groups excluding tert-OH is 1. The van der Waals surface area contributed by atoms with Gasteiger partial charge in [-0.15, -0.1) is 0 Å². The molecule has 90 valence electrons. The molecule has 0 heterocycles. The molecule has 0 amide bonds. The molecule has 0 saturated heterocycles. The van der Waals surface area contributed by atoms with Crippen molar-refractivity contribution in [3.8, 4) is 0 Å². The molecule has 0 aliphatic heterocycles. The quantitative estimate of drug-likeness (QED) is 0.547. The molecule has 15 heavy (non-hydrogen) atoms. The first-order valence-electron chi connectivity index (χ1n) is 5.60. The third-order valence-electron chi connectivity index (χ3n) is 2.29. The summed E-state index contributed by atoms with van der Waals surface area (Å²) >= 11 is 0. The summed E-state index contributed by atoms with van der Waals surface area (Å²) in [6, 6.07) is 0. The van der Waals surface area contributed by atoms with E-state index >= 15 is 0 Å². The lowest BCUT2D eigenvalue weighted by Crippen LogP contribution is -2.10. The summed E-state index contributed by atoms with van der Waals surface area (Å²) in [6.45, 7) is 3.30. The third-order valence-corrected chi connectivity index (χ3v) is 2.29. The number of hydrogen-bond acceptors (Lipinski definition) is 3. The summed E-state index contributed by atoms with van der Waals surface area (Å²) < 4.78 is 5.34. The van der Waals surface area contributed by atoms with E-state index in [9.17, 15) is 4.79 Å². The van der Waals surface area contributed by atoms with Gasteiger partial charge in [0.05, 0.1) is 5.92 Å². The molecule has 0 aliphatic carbocycles. The summed E-state index contributed by atoms with van der Waals surface area (Å²) in [6.07, 6.45) is 4.26. The number of carboxylic acids is 1. The Balaban J connectivity index is 3.08. The molecule has 0 aromatic rings. The Morgan fingerprint density at radius 3 is 2.47 bits per heavy atom. The number of aliphatic hydroxyl groups is 1. The largest absolute Gasteiger partial charge is 0.481 e. The molecule has 0 spiro atoms. The summed E-state index contributed by atoms with van der Waals surface area (Å²) in [5.74, 6) is -1.01. The molecule has 0 aromatic heterocycles. The topological polar surface area (TPSA) is 66.8 Å². The van der Waals surface area contributed by atoms with Crippen LogP contribution in [0.4, 0.5) is 0 Å². The van der Waals surface area contributed by atoms with Crippen molar-refractivity contribution in [3.63, 3.8) is 0 Å². The van der Waals surface area contributed by atoms with E-state index in [0.717, 1.165) is 25.7 Å². The first-order chi connectivity index (χ1) is 7.18. The molecule has 1 atom stereocenters. The zero-order chi connectivity index (χ0) is 11.5. The Labute approximate surface area is 91.3 Å². The zero-order valence-corrected chi connectivity index (χ0v) is 9.45. The van der Waals surface area contributed by atoms with Crippen LogP contribution in [0.2, 0.25) is 0 Å². The standard InChI is InChI=1S/C11H22O4/c1-10(11(13)14)6-5-9-15-8-4-2-3-7-12/h10,12H,2-9H2,1H3,(H,13,14). The molecule has 0 aliphatic rings. The lowest BCUT2D eigenvalue weighted by atomic mass is 10.1. The van der Waals surface area contributed by atoms with E-state index in [0.29, 0.717) is 19.6 Å². The number of hydrogen-bond donors (Lipinski definition) is 2. The van der Waals surface area contributed by atoms with Gasteiger partial charge in [0.1, 0.15) is 0 Å². The van der Waals surface area contributed by atoms with E-state index in [-0.39, 0.29) is 12.5 Å². The van der Waals surface area contributed by atoms with Crippen molar-refractivity contribution >= 4 is 5.97 Å². The predicted molar refractivity (Wildman–Crippen MR) is 57.8 cm³/mol. The second kappa shape index (κ2) is 9.93. The van der Waals surface area contributed by atoms with Crippen LogP contribution in [0.15, 0.2) is 0 Å². The van der Waals surface area contributed by atoms with Crippen LogP contribution < -0.4 is 0 Å². The molecule has 0 rings (SSSR count). The Kier molecular flexibility index (Phi) is 9.52. The number of unbranched alkanes of at least 4 members (excludes halogenated alkanes) is 2. The first-order valence-corrected chi connectivity index (χ1v) is 5.60. The van der Waals surface area contributed by atoms with Crippen LogP contribution in [-0.2, 0) is 9.53 Å². The summed E-state index contributed by atoms with van der Waals surface area (Å²) in [7, 11) is 0. The minimum atomic E-state index is -0.738. The molecule has 1 unspecified atom stereocenters. The van der Waals surface area contributed by atoms with E-state index in [1.807, 2.05) is 0 Å². The van der Waals surface area contributed by atoms with Gasteiger partial charge in [0, 0.05) is 19.8 Å². The van der Waals surface area contributed by atoms with Crippen LogP contribution in [-0.4, -0.2) is 36.0 Å². The molecule has 4 nitrogen and oxygen atoms in total. The highest BCUT2D eigenvalue weighted by Gasteiger charge is 2.09. The monoisotopic (exact) mass is 218 g/mol. The average molecular weight is 218 g/mol. The number of aliphatic carboxylic acids is 1. The van der Waals surface area contributed by atoms with Gasteiger partial charge in [-0.3, -0.25) is 4.79 Å². The minimum Gasteiger partial charge on any atom is -0.481 e. The normalized spacial score (nSPS) is 12.7. The second-order valence-electron chi connectivity index (χ2n) is 3.78. The highest BCUT2D eigenvalue weighted by molar-refractivity contribution is 5.69. The molecule has 4 heteroatoms. The van der Waals surface area contributed by atoms with E-state index < -0.39 is 5.97 Å². The Bertz CT molecular complexity index is 159. The van der Waals surface area contributed by atoms with E-state index in [2.05, 4.69) is 0 Å². The van der Waals surface area contributed by atoms with Crippen LogP contribution >= 0.6 is 0 Å². The fraction of sp³-hybridized carbons (Fsp3) is 0.909. The highest BCUT2D eigenvalue weighted by atomic mass is 16.5. The zero-order valence-electron chi connectivity index (χ0n) is 9.45. The van der Waals surface area contributed by atoms with Crippen molar-refractivity contribution in [2.75, 3.05) is 19.8 Å². The van der Waals surface area contributed by atoms with Crippen LogP contribution in [0.3, 0.4) is 0 Å². The van der Waals surface area contributed by atoms with Crippen molar-refractivity contribution in [2.24, 2.45) is 5.92 Å². The maximum Gasteiger partial charge on any atom is 0.306 e. The van der Waals surface area contributed by atoms with Gasteiger partial charge in [0.15, 0.2) is 0 Å². The average Bonchev–Trinajstić information content (AvgIpc) is 2.21. The van der Waals surface area contributed by atoms with Crippen molar-refractivity contribution in [3.05, 3.63) is 0 Å². The van der Waals surface area contributed by atoms with Gasteiger partial charge in [-0.05, 0) is 32.1 Å². The van der Waals surface area contributed by atoms with Crippen molar-refractivity contribution in [1.82, 2.24) is 0 Å². The van der Waals surface area contributed by atoms with E-state index in [4.69, 9.17) is 14.9 Å². The van der Waals surface area contributed by atoms with Gasteiger partial charge in [-0.25, -0.2) is 0 Å². The maximum atomic E-state index is 10.5. The third kappa shape index (κ3) is 9.69. The Morgan fingerprint density at radius 1 is 1.20 bits per heavy atom. The Morgan fingerprint density at radius 2 is 1.87 bits per heavy atom. The fourth-order valence-corrected chi connectivity index (χ4v) is 1.21. The number of ether oxygens (including phenoxy) is 1. The molecule has 0 fully saturated rings. The van der Waals surface area contributed by atoms with Gasteiger partial charge >= 0.3 is 5.97 Å². The summed E-state index contributed by atoms with van der Waals surface area (Å²) in [5, 5.41) is 17.1. The molecule has 0 aromatic carbocycles. The number of rotatable bonds is 10. The van der Waals surface area contributed by atoms with Crippen LogP contribution in [0.25, 0.3) is 0 Å². The second-order valence-corrected chi connectivity index (χ2v) is 3.78. The van der Waals surface area contributed by atoms with Gasteiger partial charge in [0.2, 0.25) is 0 Å². The lowest BCUT2D eigenvalue weighted by Gasteiger charge is -2.06. The number of carboxylic acid groups (broad SMARTS) is 1. The van der Waals surface area contributed by atoms with Gasteiger partial charge in [-0.1, -0.05) is 6.92 Å². The predicted octanol–water partition coefficient (Wildman–Crippen LogP) is 1.67. The van der Waals surface area contributed by atoms with Crippen molar-refractivity contribution in [2.45, 2.75) is 39.0 Å². The molecular formula is C11H22O4. The molecular weight excluding hydrogens is 196 g/mol. The van der Waals surface area contributed by atoms with Crippen LogP contribution in [0, 0.1) is 5.92 Å². The van der Waals surface area contributed by atoms with E-state index in [1.165, 1.54) is 0 Å². The SMILES string of the molecule is CC(CCCOCCCCCO)C(=O)O. The minimum absolute atomic E-state index is 0.246. The van der Waals surface area contributed by atoms with Crippen LogP contribution in [0.1, 0.15) is 39.0 Å². The molecule has 0 radical (unpaired) electrons. The molecule has 0 saturated carbocycles. The highest BCUT2D eigenvalue weighted by Crippen LogP contribution is 2.05. The lowest BCUT2D eigenvalue weighted by molar-refractivity contribution is -0.141. The summed E-state index contributed by atoms with van der Waals surface area (Å²) in [5.41, 5.74) is 0. The molecule has 0 bridgehead atoms.